The summed E-state index contributed by atoms with van der Waals surface area (Å²) in [4.78, 5) is 0. The molecule has 0 unspecified atom stereocenters. The number of halogens is 2. The van der Waals surface area contributed by atoms with Crippen LogP contribution in [0.3, 0.4) is 0 Å². The lowest BCUT2D eigenvalue weighted by atomic mass is 9.76. The van der Waals surface area contributed by atoms with Gasteiger partial charge in [-0.1, -0.05) is 18.2 Å². The molecule has 0 fully saturated rings. The van der Waals surface area contributed by atoms with Crippen LogP contribution in [0.15, 0.2) is 42.5 Å². The molecule has 0 amide bonds. The van der Waals surface area contributed by atoms with E-state index in [1.165, 1.54) is 30.3 Å². The molecule has 2 N–H and O–H groups in total. The van der Waals surface area contributed by atoms with Crippen molar-refractivity contribution in [2.45, 2.75) is 18.8 Å². The molecule has 0 spiro atoms. The molecule has 0 saturated carbocycles. The first-order valence-corrected chi connectivity index (χ1v) is 6.73. The van der Waals surface area contributed by atoms with Gasteiger partial charge in [-0.05, 0) is 54.3 Å². The topological polar surface area (TPSA) is 40.5 Å². The zero-order chi connectivity index (χ0) is 15.5. The summed E-state index contributed by atoms with van der Waals surface area (Å²) in [5.41, 5.74) is 0.998. The van der Waals surface area contributed by atoms with Crippen molar-refractivity contribution in [1.82, 2.24) is 0 Å². The highest BCUT2D eigenvalue weighted by atomic mass is 19.1. The molecule has 112 valence electrons. The van der Waals surface area contributed by atoms with E-state index >= 15 is 0 Å². The molecule has 0 heterocycles. The third-order valence-electron chi connectivity index (χ3n) is 3.88. The maximum absolute atomic E-state index is 13.4. The Hall–Kier alpha value is -1.78. The van der Waals surface area contributed by atoms with E-state index in [1.54, 1.807) is 12.1 Å². The van der Waals surface area contributed by atoms with Crippen LogP contribution >= 0.6 is 0 Å². The monoisotopic (exact) mass is 292 g/mol. The lowest BCUT2D eigenvalue weighted by Crippen LogP contribution is -2.37. The first kappa shape index (κ1) is 15.6. The Bertz CT molecular complexity index is 622. The third-order valence-corrected chi connectivity index (χ3v) is 3.88. The smallest absolute Gasteiger partial charge is 0.123 e. The zero-order valence-corrected chi connectivity index (χ0v) is 11.8. The normalized spacial score (nSPS) is 11.7. The summed E-state index contributed by atoms with van der Waals surface area (Å²) in [6.07, 6.45) is 0.229. The van der Waals surface area contributed by atoms with Crippen LogP contribution in [0.25, 0.3) is 0 Å². The second-order valence-corrected chi connectivity index (χ2v) is 5.35. The first-order valence-electron chi connectivity index (χ1n) is 6.73. The van der Waals surface area contributed by atoms with E-state index in [-0.39, 0.29) is 25.5 Å². The Morgan fingerprint density at radius 1 is 0.952 bits per heavy atom. The number of hydrogen-bond donors (Lipinski definition) is 2. The largest absolute Gasteiger partial charge is 0.395 e. The average molecular weight is 292 g/mol. The molecule has 0 aliphatic carbocycles. The van der Waals surface area contributed by atoms with Gasteiger partial charge in [0.1, 0.15) is 11.6 Å². The highest BCUT2D eigenvalue weighted by molar-refractivity contribution is 5.34. The molecule has 2 nitrogen and oxygen atoms in total. The minimum absolute atomic E-state index is 0.229. The SMILES string of the molecule is Cc1ccc(F)cc1CC(CO)(CO)c1cccc(F)c1. The van der Waals surface area contributed by atoms with Gasteiger partial charge in [-0.25, -0.2) is 8.78 Å². The van der Waals surface area contributed by atoms with Gasteiger partial charge < -0.3 is 10.2 Å². The first-order chi connectivity index (χ1) is 10.0. The Labute approximate surface area is 122 Å². The molecule has 2 rings (SSSR count). The van der Waals surface area contributed by atoms with Crippen molar-refractivity contribution in [3.63, 3.8) is 0 Å². The van der Waals surface area contributed by atoms with Gasteiger partial charge in [0.2, 0.25) is 0 Å². The molecule has 2 aromatic rings. The van der Waals surface area contributed by atoms with Crippen molar-refractivity contribution in [2.24, 2.45) is 0 Å². The molecule has 2 aromatic carbocycles. The van der Waals surface area contributed by atoms with E-state index in [1.807, 2.05) is 6.92 Å². The summed E-state index contributed by atoms with van der Waals surface area (Å²) in [6.45, 7) is 1.12. The van der Waals surface area contributed by atoms with Crippen molar-refractivity contribution < 1.29 is 19.0 Å². The minimum Gasteiger partial charge on any atom is -0.395 e. The van der Waals surface area contributed by atoms with E-state index < -0.39 is 11.2 Å². The fraction of sp³-hybridized carbons (Fsp3) is 0.294. The maximum Gasteiger partial charge on any atom is 0.123 e. The molecule has 4 heteroatoms. The molecule has 0 bridgehead atoms. The number of rotatable bonds is 5. The molecule has 0 aliphatic heterocycles. The second kappa shape index (κ2) is 6.33. The zero-order valence-electron chi connectivity index (χ0n) is 11.8. The van der Waals surface area contributed by atoms with Crippen molar-refractivity contribution in [3.8, 4) is 0 Å². The van der Waals surface area contributed by atoms with Crippen molar-refractivity contribution >= 4 is 0 Å². The van der Waals surface area contributed by atoms with Crippen molar-refractivity contribution in [3.05, 3.63) is 70.8 Å². The molecule has 0 aliphatic rings. The summed E-state index contributed by atoms with van der Waals surface area (Å²) in [7, 11) is 0. The predicted octanol–water partition coefficient (Wildman–Crippen LogP) is 2.74. The van der Waals surface area contributed by atoms with E-state index in [9.17, 15) is 19.0 Å². The molecular formula is C17H18F2O2. The van der Waals surface area contributed by atoms with Crippen LogP contribution in [0, 0.1) is 18.6 Å². The molecular weight excluding hydrogens is 274 g/mol. The van der Waals surface area contributed by atoms with E-state index in [4.69, 9.17) is 0 Å². The van der Waals surface area contributed by atoms with Gasteiger partial charge in [0.25, 0.3) is 0 Å². The second-order valence-electron chi connectivity index (χ2n) is 5.35. The van der Waals surface area contributed by atoms with E-state index in [2.05, 4.69) is 0 Å². The fourth-order valence-electron chi connectivity index (χ4n) is 2.46. The Balaban J connectivity index is 2.45. The highest BCUT2D eigenvalue weighted by Crippen LogP contribution is 2.30. The predicted molar refractivity (Wildman–Crippen MR) is 77.1 cm³/mol. The van der Waals surface area contributed by atoms with Crippen LogP contribution in [-0.2, 0) is 11.8 Å². The highest BCUT2D eigenvalue weighted by Gasteiger charge is 2.32. The van der Waals surface area contributed by atoms with Gasteiger partial charge in [0, 0.05) is 5.41 Å². The summed E-state index contributed by atoms with van der Waals surface area (Å²) < 4.78 is 26.8. The van der Waals surface area contributed by atoms with Crippen LogP contribution in [0.2, 0.25) is 0 Å². The van der Waals surface area contributed by atoms with Crippen LogP contribution in [0.4, 0.5) is 8.78 Å². The summed E-state index contributed by atoms with van der Waals surface area (Å²) in [5, 5.41) is 19.5. The minimum atomic E-state index is -1.04. The van der Waals surface area contributed by atoms with Crippen molar-refractivity contribution in [2.75, 3.05) is 13.2 Å². The molecule has 0 aromatic heterocycles. The van der Waals surface area contributed by atoms with Gasteiger partial charge in [-0.15, -0.1) is 0 Å². The Morgan fingerprint density at radius 2 is 1.62 bits per heavy atom. The van der Waals surface area contributed by atoms with Crippen LogP contribution in [0.5, 0.6) is 0 Å². The van der Waals surface area contributed by atoms with Gasteiger partial charge in [0.05, 0.1) is 13.2 Å². The maximum atomic E-state index is 13.4. The summed E-state index contributed by atoms with van der Waals surface area (Å²) in [5.74, 6) is -0.811. The standard InChI is InChI=1S/C17H18F2O2/c1-12-5-6-16(19)7-13(12)9-17(10-20,11-21)14-3-2-4-15(18)8-14/h2-8,20-21H,9-11H2,1H3. The number of aliphatic hydroxyl groups is 2. The number of aryl methyl sites for hydroxylation is 1. The quantitative estimate of drug-likeness (QED) is 0.889. The number of aliphatic hydroxyl groups excluding tert-OH is 2. The van der Waals surface area contributed by atoms with Crippen LogP contribution in [0.1, 0.15) is 16.7 Å². The van der Waals surface area contributed by atoms with Gasteiger partial charge in [-0.3, -0.25) is 0 Å². The van der Waals surface area contributed by atoms with Gasteiger partial charge in [0.15, 0.2) is 0 Å². The van der Waals surface area contributed by atoms with Gasteiger partial charge in [-0.2, -0.15) is 0 Å². The number of hydrogen-bond acceptors (Lipinski definition) is 2. The molecule has 21 heavy (non-hydrogen) atoms. The average Bonchev–Trinajstić information content (AvgIpc) is 2.48. The lowest BCUT2D eigenvalue weighted by molar-refractivity contribution is 0.116. The third kappa shape index (κ3) is 3.28. The van der Waals surface area contributed by atoms with E-state index in [0.29, 0.717) is 11.1 Å². The molecule has 0 atom stereocenters. The molecule has 0 radical (unpaired) electrons. The van der Waals surface area contributed by atoms with Crippen molar-refractivity contribution in [1.29, 1.82) is 0 Å². The van der Waals surface area contributed by atoms with E-state index in [0.717, 1.165) is 5.56 Å². The summed E-state index contributed by atoms with van der Waals surface area (Å²) >= 11 is 0. The van der Waals surface area contributed by atoms with Gasteiger partial charge >= 0.3 is 0 Å². The Kier molecular flexibility index (Phi) is 4.70. The lowest BCUT2D eigenvalue weighted by Gasteiger charge is -2.31. The number of benzene rings is 2. The fourth-order valence-corrected chi connectivity index (χ4v) is 2.46. The summed E-state index contributed by atoms with van der Waals surface area (Å²) in [6, 6.07) is 10.2. The molecule has 0 saturated heterocycles. The van der Waals surface area contributed by atoms with Crippen LogP contribution in [-0.4, -0.2) is 23.4 Å². The Morgan fingerprint density at radius 3 is 2.24 bits per heavy atom. The van der Waals surface area contributed by atoms with Crippen LogP contribution < -0.4 is 0 Å².